The fraction of sp³-hybridized carbons (Fsp3) is 0.622. The quantitative estimate of drug-likeness (QED) is 0.0447. The highest BCUT2D eigenvalue weighted by Crippen LogP contribution is 2.33. The fourth-order valence-corrected chi connectivity index (χ4v) is 6.98. The molecule has 3 N–H and O–H groups in total. The molecule has 0 spiro atoms. The Morgan fingerprint density at radius 3 is 2.21 bits per heavy atom. The molecule has 0 saturated heterocycles. The van der Waals surface area contributed by atoms with Crippen LogP contribution in [0.25, 0.3) is 11.0 Å². The lowest BCUT2D eigenvalue weighted by Crippen LogP contribution is -2.52. The molecule has 0 aliphatic rings. The second-order valence-electron chi connectivity index (χ2n) is 15.8. The highest BCUT2D eigenvalue weighted by Gasteiger charge is 2.43. The van der Waals surface area contributed by atoms with Crippen LogP contribution in [0.5, 0.6) is 0 Å². The topological polar surface area (TPSA) is 131 Å². The number of aromatic nitrogens is 2. The van der Waals surface area contributed by atoms with Gasteiger partial charge in [-0.3, -0.25) is 0 Å². The Kier molecular flexibility index (Phi) is 17.3. The summed E-state index contributed by atoms with van der Waals surface area (Å²) in [5, 5.41) is 4.45. The number of alkyl halides is 6. The normalized spacial score (nSPS) is 16.2. The van der Waals surface area contributed by atoms with Crippen LogP contribution in [0.3, 0.4) is 0 Å². The van der Waals surface area contributed by atoms with Gasteiger partial charge in [-0.25, -0.2) is 14.2 Å². The van der Waals surface area contributed by atoms with Crippen LogP contribution in [0.1, 0.15) is 63.7 Å². The SMILES string of the molecule is COC[C@@H](NC[C@H](NC(=O)OCc1ccccc1)C(F)(F)F)c1ccc2c(nc([C@@H](N[S@@+]([O-])C(C)(C)C)[C@@H](C)O[C@H](C)C(F)(F)F)n2COCC[Si](C)(C)C)c1F. The van der Waals surface area contributed by atoms with Crippen LogP contribution < -0.4 is 15.4 Å². The summed E-state index contributed by atoms with van der Waals surface area (Å²) in [6, 6.07) is 6.96. The van der Waals surface area contributed by atoms with Gasteiger partial charge in [0.05, 0.1) is 24.3 Å². The molecule has 1 aromatic heterocycles. The van der Waals surface area contributed by atoms with Crippen molar-refractivity contribution >= 4 is 36.6 Å². The van der Waals surface area contributed by atoms with Gasteiger partial charge in [0.2, 0.25) is 0 Å². The van der Waals surface area contributed by atoms with E-state index in [-0.39, 0.29) is 42.4 Å². The number of methoxy groups -OCH3 is 1. The second-order valence-corrected chi connectivity index (χ2v) is 23.4. The van der Waals surface area contributed by atoms with Crippen molar-refractivity contribution in [2.45, 2.75) is 121 Å². The Balaban J connectivity index is 2.05. The van der Waals surface area contributed by atoms with Crippen LogP contribution >= 0.6 is 0 Å². The van der Waals surface area contributed by atoms with Crippen molar-refractivity contribution in [3.63, 3.8) is 0 Å². The molecule has 0 radical (unpaired) electrons. The van der Waals surface area contributed by atoms with Crippen molar-refractivity contribution < 1.29 is 59.0 Å². The monoisotopic (exact) mass is 857 g/mol. The van der Waals surface area contributed by atoms with Crippen LogP contribution in [-0.2, 0) is 43.6 Å². The first kappa shape index (κ1) is 48.4. The molecular formula is C37H54F7N5O6SSi. The third kappa shape index (κ3) is 14.7. The lowest BCUT2D eigenvalue weighted by molar-refractivity contribution is -0.227. The zero-order chi connectivity index (χ0) is 42.9. The predicted molar refractivity (Wildman–Crippen MR) is 206 cm³/mol. The van der Waals surface area contributed by atoms with E-state index in [1.807, 2.05) is 5.32 Å². The maximum Gasteiger partial charge on any atom is 0.414 e. The number of carbonyl (C=O) groups is 1. The molecule has 322 valence electrons. The van der Waals surface area contributed by atoms with Crippen molar-refractivity contribution in [2.24, 2.45) is 0 Å². The number of nitrogens with one attached hydrogen (secondary N) is 3. The van der Waals surface area contributed by atoms with Crippen molar-refractivity contribution in [1.82, 2.24) is 24.9 Å². The summed E-state index contributed by atoms with van der Waals surface area (Å²) in [4.78, 5) is 16.9. The number of fused-ring (bicyclic) bond motifs is 1. The third-order valence-corrected chi connectivity index (χ3v) is 12.0. The van der Waals surface area contributed by atoms with Crippen molar-refractivity contribution in [1.29, 1.82) is 0 Å². The van der Waals surface area contributed by atoms with E-state index in [0.717, 1.165) is 13.0 Å². The fourth-order valence-electron chi connectivity index (χ4n) is 5.34. The highest BCUT2D eigenvalue weighted by molar-refractivity contribution is 7.90. The van der Waals surface area contributed by atoms with Crippen LogP contribution in [0, 0.1) is 5.82 Å². The number of rotatable bonds is 20. The molecule has 0 aliphatic carbocycles. The summed E-state index contributed by atoms with van der Waals surface area (Å²) in [6.45, 7) is 12.2. The number of amides is 1. The van der Waals surface area contributed by atoms with Crippen LogP contribution in [0.4, 0.5) is 35.5 Å². The van der Waals surface area contributed by atoms with Gasteiger partial charge in [0.15, 0.2) is 11.9 Å². The predicted octanol–water partition coefficient (Wildman–Crippen LogP) is 8.07. The zero-order valence-corrected chi connectivity index (χ0v) is 35.4. The standard InChI is InChI=1S/C37H54F7N5O6SSi/c1-23(55-24(2)36(39,40)41)31(48-56(51)35(3,4)5)33-47-32-28(49(33)22-53-17-18-57(7,8)9)16-15-26(30(32)38)27(21-52-6)45-19-29(37(42,43)44)46-34(50)54-20-25-13-11-10-12-14-25/h10-16,23-24,27,29,31,45,48H,17-22H2,1-9H3,(H,46,50)/t23-,24-,27-,29+,31+,56+/m1/s1. The molecule has 3 rings (SSSR count). The number of carbonyl (C=O) groups excluding carboxylic acids is 1. The molecule has 20 heteroatoms. The van der Waals surface area contributed by atoms with E-state index in [4.69, 9.17) is 18.9 Å². The summed E-state index contributed by atoms with van der Waals surface area (Å²) in [5.41, 5.74) is 0.284. The molecule has 1 heterocycles. The van der Waals surface area contributed by atoms with Crippen molar-refractivity contribution in [3.05, 3.63) is 65.2 Å². The summed E-state index contributed by atoms with van der Waals surface area (Å²) >= 11 is -1.87. The summed E-state index contributed by atoms with van der Waals surface area (Å²) < 4.78 is 138. The average molecular weight is 858 g/mol. The summed E-state index contributed by atoms with van der Waals surface area (Å²) in [6.07, 6.45) is -14.5. The molecule has 0 fully saturated rings. The number of ether oxygens (including phenoxy) is 4. The highest BCUT2D eigenvalue weighted by atomic mass is 32.2. The Bertz CT molecular complexity index is 1720. The van der Waals surface area contributed by atoms with Crippen molar-refractivity contribution in [3.8, 4) is 0 Å². The molecule has 0 bridgehead atoms. The van der Waals surface area contributed by atoms with Gasteiger partial charge in [0, 0.05) is 45.3 Å². The number of benzene rings is 2. The molecule has 1 amide bonds. The van der Waals surface area contributed by atoms with Gasteiger partial charge in [-0.05, 0) is 52.3 Å². The van der Waals surface area contributed by atoms with E-state index in [1.54, 1.807) is 51.1 Å². The number of halogens is 7. The summed E-state index contributed by atoms with van der Waals surface area (Å²) in [5.74, 6) is -1.00. The minimum atomic E-state index is -4.93. The molecule has 6 atom stereocenters. The van der Waals surface area contributed by atoms with Gasteiger partial charge in [-0.2, -0.15) is 26.3 Å². The van der Waals surface area contributed by atoms with Gasteiger partial charge in [0.1, 0.15) is 41.5 Å². The van der Waals surface area contributed by atoms with E-state index in [2.05, 4.69) is 34.7 Å². The maximum atomic E-state index is 16.7. The molecule has 0 saturated carbocycles. The molecule has 0 aliphatic heterocycles. The lowest BCUT2D eigenvalue weighted by Gasteiger charge is -2.32. The number of hydrogen-bond donors (Lipinski definition) is 3. The summed E-state index contributed by atoms with van der Waals surface area (Å²) in [7, 11) is -0.297. The van der Waals surface area contributed by atoms with Gasteiger partial charge in [-0.15, -0.1) is 4.72 Å². The average Bonchev–Trinajstić information content (AvgIpc) is 3.46. The Labute approximate surface area is 333 Å². The molecule has 57 heavy (non-hydrogen) atoms. The molecule has 3 aromatic rings. The van der Waals surface area contributed by atoms with Gasteiger partial charge >= 0.3 is 18.4 Å². The van der Waals surface area contributed by atoms with E-state index >= 15 is 4.39 Å². The Morgan fingerprint density at radius 1 is 1.00 bits per heavy atom. The molecule has 2 aromatic carbocycles. The Morgan fingerprint density at radius 2 is 1.65 bits per heavy atom. The van der Waals surface area contributed by atoms with Crippen LogP contribution in [-0.4, -0.2) is 90.5 Å². The first-order chi connectivity index (χ1) is 26.3. The number of hydrogen-bond acceptors (Lipinski definition) is 9. The molecule has 11 nitrogen and oxygen atoms in total. The maximum absolute atomic E-state index is 16.7. The first-order valence-corrected chi connectivity index (χ1v) is 23.1. The lowest BCUT2D eigenvalue weighted by atomic mass is 10.1. The van der Waals surface area contributed by atoms with E-state index < -0.39 is 85.3 Å². The van der Waals surface area contributed by atoms with E-state index in [1.165, 1.54) is 30.7 Å². The third-order valence-electron chi connectivity index (χ3n) is 8.73. The minimum Gasteiger partial charge on any atom is -0.598 e. The largest absolute Gasteiger partial charge is 0.598 e. The van der Waals surface area contributed by atoms with Crippen molar-refractivity contribution in [2.75, 3.05) is 26.9 Å². The number of alkyl carbamates (subject to hydrolysis) is 1. The number of imidazole rings is 1. The Hall–Kier alpha value is -2.98. The second kappa shape index (κ2) is 20.3. The number of nitrogens with zero attached hydrogens (tertiary/aromatic N) is 2. The van der Waals surface area contributed by atoms with E-state index in [9.17, 15) is 35.7 Å². The van der Waals surface area contributed by atoms with Gasteiger partial charge in [0.25, 0.3) is 0 Å². The van der Waals surface area contributed by atoms with Crippen LogP contribution in [0.15, 0.2) is 42.5 Å². The van der Waals surface area contributed by atoms with E-state index in [0.29, 0.717) is 12.2 Å². The zero-order valence-electron chi connectivity index (χ0n) is 33.6. The smallest absolute Gasteiger partial charge is 0.414 e. The molecular weight excluding hydrogens is 804 g/mol. The van der Waals surface area contributed by atoms with Gasteiger partial charge < -0.3 is 38.7 Å². The van der Waals surface area contributed by atoms with Gasteiger partial charge in [-0.1, -0.05) is 56.0 Å². The molecule has 0 unspecified atom stereocenters. The first-order valence-electron chi connectivity index (χ1n) is 18.3. The van der Waals surface area contributed by atoms with Crippen LogP contribution in [0.2, 0.25) is 25.7 Å². The minimum absolute atomic E-state index is 0.0415.